The third-order valence-corrected chi connectivity index (χ3v) is 11.1. The second-order valence-corrected chi connectivity index (χ2v) is 13.3. The van der Waals surface area contributed by atoms with Crippen molar-refractivity contribution in [2.24, 2.45) is 0 Å². The predicted molar refractivity (Wildman–Crippen MR) is 198 cm³/mol. The Labute approximate surface area is 284 Å². The third-order valence-electron chi connectivity index (χ3n) is 11.1. The van der Waals surface area contributed by atoms with Gasteiger partial charge in [0.25, 0.3) is 0 Å². The van der Waals surface area contributed by atoms with E-state index in [1.807, 2.05) is 30.5 Å². The van der Waals surface area contributed by atoms with Crippen LogP contribution in [0.2, 0.25) is 0 Å². The van der Waals surface area contributed by atoms with Gasteiger partial charge in [0.05, 0.1) is 22.7 Å². The van der Waals surface area contributed by atoms with Crippen LogP contribution in [-0.4, -0.2) is 4.98 Å². The lowest BCUT2D eigenvalue weighted by atomic mass is 9.69. The molecule has 11 rings (SSSR count). The Morgan fingerprint density at radius 1 is 0.449 bits per heavy atom. The average molecular weight is 619 g/mol. The van der Waals surface area contributed by atoms with Crippen molar-refractivity contribution < 1.29 is 0 Å². The van der Waals surface area contributed by atoms with Crippen molar-refractivity contribution in [1.29, 1.82) is 5.26 Å². The Balaban J connectivity index is 1.29. The van der Waals surface area contributed by atoms with E-state index in [1.54, 1.807) is 0 Å². The Morgan fingerprint density at radius 2 is 1.08 bits per heavy atom. The first-order valence-corrected chi connectivity index (χ1v) is 16.8. The van der Waals surface area contributed by atoms with E-state index in [0.29, 0.717) is 5.56 Å². The fourth-order valence-electron chi connectivity index (χ4n) is 9.26. The number of benzene rings is 7. The topological polar surface area (TPSA) is 36.7 Å². The van der Waals surface area contributed by atoms with Crippen LogP contribution in [0.15, 0.2) is 158 Å². The van der Waals surface area contributed by atoms with Crippen molar-refractivity contribution in [3.8, 4) is 73.0 Å². The minimum atomic E-state index is -0.448. The van der Waals surface area contributed by atoms with Gasteiger partial charge in [0.2, 0.25) is 0 Å². The fourth-order valence-corrected chi connectivity index (χ4v) is 9.26. The van der Waals surface area contributed by atoms with Crippen LogP contribution in [0.3, 0.4) is 0 Å². The standard InChI is InChI=1S/C47H26N2/c48-26-28-10-7-13-30(24-28)42-23-22-31(27-49-42)44-45-36-18-9-12-29-11-8-17-34(43(29)36)37(45)25-41-46(44)35-16-3-6-21-40(35)47(41)38-19-4-1-14-32(38)33-15-2-5-20-39(33)47/h1-25,27H. The smallest absolute Gasteiger partial charge is 0.0991 e. The molecule has 2 nitrogen and oxygen atoms in total. The Kier molecular flexibility index (Phi) is 5.14. The number of hydrogen-bond acceptors (Lipinski definition) is 2. The SMILES string of the molecule is N#Cc1cccc(-c2ccc(-c3c4c(cc5c3-c3ccccc3C53c5ccccc5-c5ccccc53)-c3cccc5cccc-4c35)cn2)c1. The maximum Gasteiger partial charge on any atom is 0.0991 e. The van der Waals surface area contributed by atoms with Gasteiger partial charge in [0.15, 0.2) is 0 Å². The lowest BCUT2D eigenvalue weighted by molar-refractivity contribution is 0.794. The highest BCUT2D eigenvalue weighted by Gasteiger charge is 2.53. The summed E-state index contributed by atoms with van der Waals surface area (Å²) in [5.41, 5.74) is 19.9. The van der Waals surface area contributed by atoms with Gasteiger partial charge < -0.3 is 0 Å². The highest BCUT2D eigenvalue weighted by atomic mass is 14.7. The molecule has 3 aliphatic rings. The predicted octanol–water partition coefficient (Wildman–Crippen LogP) is 11.4. The molecule has 0 radical (unpaired) electrons. The molecule has 0 fully saturated rings. The maximum atomic E-state index is 9.54. The van der Waals surface area contributed by atoms with Gasteiger partial charge in [-0.3, -0.25) is 4.98 Å². The van der Waals surface area contributed by atoms with Gasteiger partial charge in [0.1, 0.15) is 0 Å². The van der Waals surface area contributed by atoms with Crippen molar-refractivity contribution >= 4 is 10.8 Å². The van der Waals surface area contributed by atoms with Crippen LogP contribution in [0, 0.1) is 11.3 Å². The van der Waals surface area contributed by atoms with Crippen molar-refractivity contribution in [2.45, 2.75) is 5.41 Å². The van der Waals surface area contributed by atoms with E-state index in [4.69, 9.17) is 4.98 Å². The normalized spacial score (nSPS) is 13.4. The van der Waals surface area contributed by atoms with Crippen LogP contribution in [0.5, 0.6) is 0 Å². The van der Waals surface area contributed by atoms with Gasteiger partial charge in [0, 0.05) is 17.3 Å². The summed E-state index contributed by atoms with van der Waals surface area (Å²) in [5, 5.41) is 12.1. The summed E-state index contributed by atoms with van der Waals surface area (Å²) in [6.45, 7) is 0. The molecule has 8 aromatic rings. The number of rotatable bonds is 2. The van der Waals surface area contributed by atoms with Crippen LogP contribution < -0.4 is 0 Å². The van der Waals surface area contributed by atoms with E-state index in [0.717, 1.165) is 16.8 Å². The molecule has 0 saturated carbocycles. The Bertz CT molecular complexity index is 2730. The highest BCUT2D eigenvalue weighted by molar-refractivity contribution is 6.21. The summed E-state index contributed by atoms with van der Waals surface area (Å²) >= 11 is 0. The molecule has 1 heterocycles. The van der Waals surface area contributed by atoms with E-state index >= 15 is 0 Å². The molecule has 224 valence electrons. The molecule has 0 atom stereocenters. The Morgan fingerprint density at radius 3 is 1.78 bits per heavy atom. The van der Waals surface area contributed by atoms with Gasteiger partial charge in [-0.15, -0.1) is 0 Å². The number of aromatic nitrogens is 1. The van der Waals surface area contributed by atoms with Crippen molar-refractivity contribution in [3.05, 3.63) is 186 Å². The molecule has 1 spiro atoms. The Hall–Kier alpha value is -6.56. The third kappa shape index (κ3) is 3.27. The summed E-state index contributed by atoms with van der Waals surface area (Å²) in [5.74, 6) is 0. The van der Waals surface area contributed by atoms with Crippen molar-refractivity contribution in [2.75, 3.05) is 0 Å². The van der Waals surface area contributed by atoms with Crippen LogP contribution in [-0.2, 0) is 5.41 Å². The molecule has 3 aliphatic carbocycles. The zero-order valence-corrected chi connectivity index (χ0v) is 26.4. The minimum Gasteiger partial charge on any atom is -0.256 e. The van der Waals surface area contributed by atoms with Crippen LogP contribution in [0.1, 0.15) is 27.8 Å². The van der Waals surface area contributed by atoms with Crippen LogP contribution >= 0.6 is 0 Å². The molecule has 0 aliphatic heterocycles. The molecule has 2 heteroatoms. The molecule has 49 heavy (non-hydrogen) atoms. The second kappa shape index (κ2) is 9.50. The van der Waals surface area contributed by atoms with E-state index in [-0.39, 0.29) is 0 Å². The summed E-state index contributed by atoms with van der Waals surface area (Å²) in [6.07, 6.45) is 2.04. The second-order valence-electron chi connectivity index (χ2n) is 13.3. The number of hydrogen-bond donors (Lipinski definition) is 0. The quantitative estimate of drug-likeness (QED) is 0.193. The maximum absolute atomic E-state index is 9.54. The van der Waals surface area contributed by atoms with Crippen molar-refractivity contribution in [3.63, 3.8) is 0 Å². The summed E-state index contributed by atoms with van der Waals surface area (Å²) in [7, 11) is 0. The molecule has 0 saturated heterocycles. The summed E-state index contributed by atoms with van der Waals surface area (Å²) < 4.78 is 0. The minimum absolute atomic E-state index is 0.448. The van der Waals surface area contributed by atoms with Crippen molar-refractivity contribution in [1.82, 2.24) is 4.98 Å². The molecule has 7 aromatic carbocycles. The number of nitriles is 1. The number of pyridine rings is 1. The average Bonchev–Trinajstić information content (AvgIpc) is 3.77. The molecule has 0 N–H and O–H groups in total. The lowest BCUT2D eigenvalue weighted by Crippen LogP contribution is -2.26. The van der Waals surface area contributed by atoms with Gasteiger partial charge >= 0.3 is 0 Å². The number of nitrogens with zero attached hydrogens (tertiary/aromatic N) is 2. The zero-order valence-electron chi connectivity index (χ0n) is 26.4. The summed E-state index contributed by atoms with van der Waals surface area (Å²) in [6, 6.07) is 57.3. The van der Waals surface area contributed by atoms with Gasteiger partial charge in [-0.05, 0) is 107 Å². The molecule has 0 amide bonds. The molecule has 1 aromatic heterocycles. The lowest BCUT2D eigenvalue weighted by Gasteiger charge is -2.31. The first-order valence-electron chi connectivity index (χ1n) is 16.8. The molecule has 0 unspecified atom stereocenters. The summed E-state index contributed by atoms with van der Waals surface area (Å²) in [4.78, 5) is 5.06. The first kappa shape index (κ1) is 26.5. The van der Waals surface area contributed by atoms with Crippen LogP contribution in [0.25, 0.3) is 77.7 Å². The van der Waals surface area contributed by atoms with E-state index in [1.165, 1.54) is 83.1 Å². The van der Waals surface area contributed by atoms with Gasteiger partial charge in [-0.25, -0.2) is 0 Å². The van der Waals surface area contributed by atoms with Gasteiger partial charge in [-0.2, -0.15) is 5.26 Å². The largest absolute Gasteiger partial charge is 0.256 e. The molecular weight excluding hydrogens is 593 g/mol. The highest BCUT2D eigenvalue weighted by Crippen LogP contribution is 2.67. The molecular formula is C47H26N2. The number of fused-ring (bicyclic) bond motifs is 13. The van der Waals surface area contributed by atoms with E-state index in [2.05, 4.69) is 133 Å². The zero-order chi connectivity index (χ0) is 32.3. The van der Waals surface area contributed by atoms with E-state index in [9.17, 15) is 5.26 Å². The molecule has 0 bridgehead atoms. The fraction of sp³-hybridized carbons (Fsp3) is 0.0213. The van der Waals surface area contributed by atoms with Gasteiger partial charge in [-0.1, -0.05) is 127 Å². The monoisotopic (exact) mass is 618 g/mol. The van der Waals surface area contributed by atoms with Crippen LogP contribution in [0.4, 0.5) is 0 Å². The van der Waals surface area contributed by atoms with E-state index < -0.39 is 5.41 Å². The first-order chi connectivity index (χ1) is 24.3.